The van der Waals surface area contributed by atoms with Gasteiger partial charge in [-0.1, -0.05) is 24.3 Å². The van der Waals surface area contributed by atoms with Crippen LogP contribution in [0, 0.1) is 6.92 Å². The number of rotatable bonds is 7. The van der Waals surface area contributed by atoms with Crippen molar-refractivity contribution in [3.63, 3.8) is 0 Å². The van der Waals surface area contributed by atoms with Gasteiger partial charge >= 0.3 is 12.1 Å². The number of aromatic nitrogens is 2. The van der Waals surface area contributed by atoms with Crippen molar-refractivity contribution in [1.82, 2.24) is 9.55 Å². The summed E-state index contributed by atoms with van der Waals surface area (Å²) < 4.78 is 45.9. The molecule has 33 heavy (non-hydrogen) atoms. The van der Waals surface area contributed by atoms with Gasteiger partial charge in [0.15, 0.2) is 0 Å². The van der Waals surface area contributed by atoms with Crippen LogP contribution in [0.5, 0.6) is 5.75 Å². The van der Waals surface area contributed by atoms with Crippen molar-refractivity contribution in [2.24, 2.45) is 0 Å². The summed E-state index contributed by atoms with van der Waals surface area (Å²) in [4.78, 5) is 15.6. The molecule has 0 bridgehead atoms. The summed E-state index contributed by atoms with van der Waals surface area (Å²) in [7, 11) is 0. The number of hydrogen-bond acceptors (Lipinski definition) is 3. The molecule has 2 aromatic carbocycles. The van der Waals surface area contributed by atoms with Crippen LogP contribution in [-0.2, 0) is 23.9 Å². The molecule has 0 amide bonds. The van der Waals surface area contributed by atoms with Gasteiger partial charge < -0.3 is 14.4 Å². The molecule has 0 unspecified atom stereocenters. The van der Waals surface area contributed by atoms with Gasteiger partial charge in [0, 0.05) is 29.3 Å². The molecule has 8 heteroatoms. The number of carboxylic acids is 1. The van der Waals surface area contributed by atoms with Crippen LogP contribution in [0.3, 0.4) is 0 Å². The maximum absolute atomic E-state index is 12.8. The summed E-state index contributed by atoms with van der Waals surface area (Å²) in [6.45, 7) is 2.13. The number of alkyl halides is 3. The van der Waals surface area contributed by atoms with Crippen LogP contribution in [0.15, 0.2) is 66.9 Å². The monoisotopic (exact) mass is 454 g/mol. The zero-order valence-electron chi connectivity index (χ0n) is 17.8. The van der Waals surface area contributed by atoms with Gasteiger partial charge in [0.05, 0.1) is 23.4 Å². The lowest BCUT2D eigenvalue weighted by molar-refractivity contribution is -0.138. The Labute approximate surface area is 188 Å². The summed E-state index contributed by atoms with van der Waals surface area (Å²) in [5, 5.41) is 9.88. The van der Waals surface area contributed by atoms with Crippen molar-refractivity contribution in [2.75, 3.05) is 6.61 Å². The van der Waals surface area contributed by atoms with Crippen LogP contribution in [0.2, 0.25) is 0 Å². The van der Waals surface area contributed by atoms with E-state index in [0.29, 0.717) is 30.0 Å². The number of carbonyl (C=O) groups is 1. The average molecular weight is 454 g/mol. The largest absolute Gasteiger partial charge is 0.493 e. The molecule has 2 heterocycles. The minimum Gasteiger partial charge on any atom is -0.493 e. The minimum atomic E-state index is -4.37. The second-order valence-corrected chi connectivity index (χ2v) is 7.64. The second kappa shape index (κ2) is 8.97. The second-order valence-electron chi connectivity index (χ2n) is 7.64. The van der Waals surface area contributed by atoms with Crippen molar-refractivity contribution < 1.29 is 27.8 Å². The normalized spacial score (nSPS) is 11.6. The van der Waals surface area contributed by atoms with Crippen molar-refractivity contribution in [3.05, 3.63) is 83.7 Å². The topological polar surface area (TPSA) is 64.4 Å². The van der Waals surface area contributed by atoms with E-state index in [-0.39, 0.29) is 6.54 Å². The third kappa shape index (κ3) is 5.00. The van der Waals surface area contributed by atoms with Crippen molar-refractivity contribution in [3.8, 4) is 17.0 Å². The molecule has 0 aliphatic heterocycles. The Morgan fingerprint density at radius 2 is 1.82 bits per heavy atom. The maximum Gasteiger partial charge on any atom is 0.416 e. The fourth-order valence-corrected chi connectivity index (χ4v) is 3.72. The van der Waals surface area contributed by atoms with E-state index in [1.165, 1.54) is 12.1 Å². The summed E-state index contributed by atoms with van der Waals surface area (Å²) in [6.07, 6.45) is -2.05. The fraction of sp³-hybridized carbons (Fsp3) is 0.200. The van der Waals surface area contributed by atoms with Gasteiger partial charge in [0.2, 0.25) is 0 Å². The molecule has 0 fully saturated rings. The van der Waals surface area contributed by atoms with Crippen LogP contribution in [-0.4, -0.2) is 27.2 Å². The van der Waals surface area contributed by atoms with Gasteiger partial charge in [0.25, 0.3) is 0 Å². The lowest BCUT2D eigenvalue weighted by atomic mass is 10.1. The van der Waals surface area contributed by atoms with Crippen LogP contribution < -0.4 is 4.74 Å². The fourth-order valence-electron chi connectivity index (χ4n) is 3.72. The number of halogens is 3. The Kier molecular flexibility index (Phi) is 6.09. The zero-order valence-corrected chi connectivity index (χ0v) is 17.8. The lowest BCUT2D eigenvalue weighted by Gasteiger charge is -2.11. The van der Waals surface area contributed by atoms with Gasteiger partial charge in [0.1, 0.15) is 12.3 Å². The van der Waals surface area contributed by atoms with E-state index in [4.69, 9.17) is 9.84 Å². The van der Waals surface area contributed by atoms with E-state index in [0.717, 1.165) is 34.3 Å². The Balaban J connectivity index is 1.43. The van der Waals surface area contributed by atoms with Crippen LogP contribution >= 0.6 is 0 Å². The molecule has 5 nitrogen and oxygen atoms in total. The molecule has 0 spiro atoms. The van der Waals surface area contributed by atoms with E-state index in [1.807, 2.05) is 37.3 Å². The van der Waals surface area contributed by atoms with Gasteiger partial charge in [-0.15, -0.1) is 0 Å². The molecule has 0 atom stereocenters. The number of aliphatic carboxylic acids is 1. The Bertz CT molecular complexity index is 1290. The molecule has 170 valence electrons. The quantitative estimate of drug-likeness (QED) is 0.387. The van der Waals surface area contributed by atoms with Crippen molar-refractivity contribution in [1.29, 1.82) is 0 Å². The molecular weight excluding hydrogens is 433 g/mol. The molecule has 0 saturated heterocycles. The number of carboxylic acid groups (broad SMARTS) is 1. The summed E-state index contributed by atoms with van der Waals surface area (Å²) in [6, 6.07) is 16.0. The van der Waals surface area contributed by atoms with Crippen molar-refractivity contribution in [2.45, 2.75) is 26.1 Å². The first-order valence-electron chi connectivity index (χ1n) is 10.3. The van der Waals surface area contributed by atoms with Crippen LogP contribution in [0.25, 0.3) is 22.2 Å². The van der Waals surface area contributed by atoms with Gasteiger partial charge in [-0.25, -0.2) is 0 Å². The van der Waals surface area contributed by atoms with E-state index in [2.05, 4.69) is 4.98 Å². The molecule has 1 N–H and O–H groups in total. The number of aryl methyl sites for hydroxylation is 1. The number of hydrogen-bond donors (Lipinski definition) is 1. The standard InChI is InChI=1S/C25H21F3N2O3/c1-16-17(7-10-21(29-16)18-5-8-19(9-6-18)25(26,27)28)12-14-33-23-4-2-3-22-20(23)11-13-30(22)15-24(31)32/h2-11,13H,12,14-15H2,1H3,(H,31,32). The summed E-state index contributed by atoms with van der Waals surface area (Å²) in [5.41, 5.74) is 3.07. The number of fused-ring (bicyclic) bond motifs is 1. The van der Waals surface area contributed by atoms with E-state index >= 15 is 0 Å². The number of pyridine rings is 1. The molecule has 4 aromatic rings. The third-order valence-corrected chi connectivity index (χ3v) is 5.41. The van der Waals surface area contributed by atoms with Gasteiger partial charge in [-0.2, -0.15) is 13.2 Å². The third-order valence-electron chi connectivity index (χ3n) is 5.41. The van der Waals surface area contributed by atoms with E-state index < -0.39 is 17.7 Å². The highest BCUT2D eigenvalue weighted by molar-refractivity contribution is 5.87. The molecular formula is C25H21F3N2O3. The SMILES string of the molecule is Cc1nc(-c2ccc(C(F)(F)F)cc2)ccc1CCOc1cccc2c1ccn2CC(=O)O. The first-order chi connectivity index (χ1) is 15.7. The summed E-state index contributed by atoms with van der Waals surface area (Å²) >= 11 is 0. The molecule has 2 aromatic heterocycles. The Morgan fingerprint density at radius 1 is 1.06 bits per heavy atom. The zero-order chi connectivity index (χ0) is 23.6. The first kappa shape index (κ1) is 22.4. The molecule has 0 aliphatic rings. The average Bonchev–Trinajstić information content (AvgIpc) is 3.17. The van der Waals surface area contributed by atoms with Crippen LogP contribution in [0.1, 0.15) is 16.8 Å². The van der Waals surface area contributed by atoms with E-state index in [1.54, 1.807) is 16.8 Å². The highest BCUT2D eigenvalue weighted by atomic mass is 19.4. The lowest BCUT2D eigenvalue weighted by Crippen LogP contribution is -2.07. The first-order valence-corrected chi connectivity index (χ1v) is 10.3. The Hall–Kier alpha value is -3.81. The van der Waals surface area contributed by atoms with Gasteiger partial charge in [-0.05, 0) is 48.9 Å². The predicted molar refractivity (Wildman–Crippen MR) is 118 cm³/mol. The Morgan fingerprint density at radius 3 is 2.48 bits per heavy atom. The molecule has 0 aliphatic carbocycles. The van der Waals surface area contributed by atoms with Crippen LogP contribution in [0.4, 0.5) is 13.2 Å². The van der Waals surface area contributed by atoms with E-state index in [9.17, 15) is 18.0 Å². The number of benzene rings is 2. The van der Waals surface area contributed by atoms with Gasteiger partial charge in [-0.3, -0.25) is 9.78 Å². The molecule has 0 radical (unpaired) electrons. The molecule has 0 saturated carbocycles. The highest BCUT2D eigenvalue weighted by Crippen LogP contribution is 2.31. The minimum absolute atomic E-state index is 0.122. The maximum atomic E-state index is 12.8. The molecule has 4 rings (SSSR count). The smallest absolute Gasteiger partial charge is 0.416 e. The number of nitrogens with zero attached hydrogens (tertiary/aromatic N) is 2. The summed E-state index contributed by atoms with van der Waals surface area (Å²) in [5.74, 6) is -0.245. The highest BCUT2D eigenvalue weighted by Gasteiger charge is 2.30. The number of ether oxygens (including phenoxy) is 1. The van der Waals surface area contributed by atoms with Crippen molar-refractivity contribution >= 4 is 16.9 Å². The predicted octanol–water partition coefficient (Wildman–Crippen LogP) is 5.74.